The zero-order valence-corrected chi connectivity index (χ0v) is 10.0. The van der Waals surface area contributed by atoms with E-state index in [0.717, 1.165) is 17.5 Å². The summed E-state index contributed by atoms with van der Waals surface area (Å²) in [6.45, 7) is 2.47. The molecule has 0 atom stereocenters. The molecule has 1 N–H and O–H groups in total. The van der Waals surface area contributed by atoms with Gasteiger partial charge in [0.15, 0.2) is 0 Å². The van der Waals surface area contributed by atoms with E-state index in [4.69, 9.17) is 9.47 Å². The molecule has 2 rings (SSSR count). The van der Waals surface area contributed by atoms with E-state index in [-0.39, 0.29) is 13.2 Å². The Bertz CT molecular complexity index is 435. The molecule has 0 aliphatic carbocycles. The highest BCUT2D eigenvalue weighted by atomic mass is 16.5. The van der Waals surface area contributed by atoms with Gasteiger partial charge in [-0.3, -0.25) is 4.79 Å². The molecule has 1 aromatic carbocycles. The minimum absolute atomic E-state index is 0.214. The van der Waals surface area contributed by atoms with Crippen LogP contribution in [-0.2, 0) is 21.4 Å². The third-order valence-corrected chi connectivity index (χ3v) is 3.29. The molecule has 17 heavy (non-hydrogen) atoms. The lowest BCUT2D eigenvalue weighted by molar-refractivity contribution is -0.163. The van der Waals surface area contributed by atoms with Crippen molar-refractivity contribution in [2.45, 2.75) is 18.8 Å². The van der Waals surface area contributed by atoms with Crippen molar-refractivity contribution >= 4 is 5.97 Å². The van der Waals surface area contributed by atoms with Gasteiger partial charge in [-0.05, 0) is 18.1 Å². The quantitative estimate of drug-likeness (QED) is 0.863. The van der Waals surface area contributed by atoms with Crippen molar-refractivity contribution in [2.24, 2.45) is 0 Å². The van der Waals surface area contributed by atoms with Crippen LogP contribution in [0.15, 0.2) is 18.2 Å². The van der Waals surface area contributed by atoms with Gasteiger partial charge in [0.1, 0.15) is 11.2 Å². The molecule has 1 aliphatic heterocycles. The molecule has 1 saturated heterocycles. The standard InChI is InChI=1S/C13H16O4/c1-3-9-4-5-11(16-2)10(6-9)13(12(14)15)7-17-8-13/h4-6H,3,7-8H2,1-2H3,(H,14,15). The predicted molar refractivity (Wildman–Crippen MR) is 62.5 cm³/mol. The summed E-state index contributed by atoms with van der Waals surface area (Å²) in [5.41, 5.74) is 0.891. The van der Waals surface area contributed by atoms with Gasteiger partial charge in [-0.2, -0.15) is 0 Å². The van der Waals surface area contributed by atoms with Crippen molar-refractivity contribution in [3.05, 3.63) is 29.3 Å². The van der Waals surface area contributed by atoms with Crippen LogP contribution in [0.2, 0.25) is 0 Å². The Kier molecular flexibility index (Phi) is 3.07. The van der Waals surface area contributed by atoms with Gasteiger partial charge in [-0.25, -0.2) is 0 Å². The van der Waals surface area contributed by atoms with Crippen molar-refractivity contribution in [3.63, 3.8) is 0 Å². The first kappa shape index (κ1) is 11.9. The summed E-state index contributed by atoms with van der Waals surface area (Å²) in [7, 11) is 1.56. The van der Waals surface area contributed by atoms with E-state index in [1.807, 2.05) is 25.1 Å². The SMILES string of the molecule is CCc1ccc(OC)c(C2(C(=O)O)COC2)c1. The predicted octanol–water partition coefficient (Wildman–Crippen LogP) is 1.61. The van der Waals surface area contributed by atoms with Gasteiger partial charge in [-0.15, -0.1) is 0 Å². The summed E-state index contributed by atoms with van der Waals surface area (Å²) in [4.78, 5) is 11.4. The maximum atomic E-state index is 11.4. The lowest BCUT2D eigenvalue weighted by Crippen LogP contribution is -2.53. The minimum atomic E-state index is -0.934. The number of rotatable bonds is 4. The van der Waals surface area contributed by atoms with Crippen LogP contribution in [0.25, 0.3) is 0 Å². The Hall–Kier alpha value is -1.55. The van der Waals surface area contributed by atoms with E-state index in [9.17, 15) is 9.90 Å². The number of hydrogen-bond acceptors (Lipinski definition) is 3. The van der Waals surface area contributed by atoms with Gasteiger partial charge in [0.25, 0.3) is 0 Å². The Balaban J connectivity index is 2.51. The lowest BCUT2D eigenvalue weighted by atomic mass is 9.77. The maximum absolute atomic E-state index is 11.4. The minimum Gasteiger partial charge on any atom is -0.496 e. The largest absolute Gasteiger partial charge is 0.496 e. The molecule has 1 fully saturated rings. The van der Waals surface area contributed by atoms with Crippen LogP contribution >= 0.6 is 0 Å². The first-order valence-electron chi connectivity index (χ1n) is 5.62. The Morgan fingerprint density at radius 2 is 2.24 bits per heavy atom. The fraction of sp³-hybridized carbons (Fsp3) is 0.462. The van der Waals surface area contributed by atoms with E-state index < -0.39 is 11.4 Å². The van der Waals surface area contributed by atoms with E-state index in [0.29, 0.717) is 5.75 Å². The number of methoxy groups -OCH3 is 1. The molecule has 0 saturated carbocycles. The second-order valence-corrected chi connectivity index (χ2v) is 4.27. The zero-order chi connectivity index (χ0) is 12.5. The molecule has 0 bridgehead atoms. The van der Waals surface area contributed by atoms with Crippen molar-refractivity contribution in [1.82, 2.24) is 0 Å². The second-order valence-electron chi connectivity index (χ2n) is 4.27. The topological polar surface area (TPSA) is 55.8 Å². The monoisotopic (exact) mass is 236 g/mol. The van der Waals surface area contributed by atoms with Crippen LogP contribution in [-0.4, -0.2) is 31.4 Å². The number of aliphatic carboxylic acids is 1. The highest BCUT2D eigenvalue weighted by molar-refractivity contribution is 5.84. The first-order valence-corrected chi connectivity index (χ1v) is 5.62. The molecule has 4 nitrogen and oxygen atoms in total. The fourth-order valence-electron chi connectivity index (χ4n) is 2.05. The zero-order valence-electron chi connectivity index (χ0n) is 10.0. The number of benzene rings is 1. The third kappa shape index (κ3) is 1.78. The smallest absolute Gasteiger partial charge is 0.319 e. The molecule has 1 aromatic rings. The molecule has 0 radical (unpaired) electrons. The summed E-state index contributed by atoms with van der Waals surface area (Å²) in [6, 6.07) is 5.70. The molecular weight excluding hydrogens is 220 g/mol. The highest BCUT2D eigenvalue weighted by Crippen LogP contribution is 2.38. The number of aryl methyl sites for hydroxylation is 1. The average Bonchev–Trinajstić information content (AvgIpc) is 2.27. The summed E-state index contributed by atoms with van der Waals surface area (Å²) >= 11 is 0. The molecule has 4 heteroatoms. The number of hydrogen-bond donors (Lipinski definition) is 1. The van der Waals surface area contributed by atoms with Crippen LogP contribution in [0.3, 0.4) is 0 Å². The van der Waals surface area contributed by atoms with Crippen LogP contribution < -0.4 is 4.74 Å². The molecule has 92 valence electrons. The van der Waals surface area contributed by atoms with Crippen LogP contribution in [0.1, 0.15) is 18.1 Å². The van der Waals surface area contributed by atoms with Gasteiger partial charge < -0.3 is 14.6 Å². The van der Waals surface area contributed by atoms with Gasteiger partial charge in [-0.1, -0.05) is 19.1 Å². The Morgan fingerprint density at radius 3 is 2.65 bits per heavy atom. The number of ether oxygens (including phenoxy) is 2. The van der Waals surface area contributed by atoms with Gasteiger partial charge in [0.05, 0.1) is 20.3 Å². The molecule has 1 aliphatic rings. The lowest BCUT2D eigenvalue weighted by Gasteiger charge is -2.38. The van der Waals surface area contributed by atoms with E-state index in [1.54, 1.807) is 7.11 Å². The third-order valence-electron chi connectivity index (χ3n) is 3.29. The molecule has 0 aromatic heterocycles. The van der Waals surface area contributed by atoms with Gasteiger partial charge >= 0.3 is 5.97 Å². The fourth-order valence-corrected chi connectivity index (χ4v) is 2.05. The van der Waals surface area contributed by atoms with E-state index in [1.165, 1.54) is 0 Å². The summed E-state index contributed by atoms with van der Waals surface area (Å²) in [5.74, 6) is -0.233. The maximum Gasteiger partial charge on any atom is 0.319 e. The number of carboxylic acids is 1. The molecule has 1 heterocycles. The van der Waals surface area contributed by atoms with Gasteiger partial charge in [0, 0.05) is 5.56 Å². The normalized spacial score (nSPS) is 17.3. The first-order chi connectivity index (χ1) is 8.14. The Morgan fingerprint density at radius 1 is 1.53 bits per heavy atom. The summed E-state index contributed by atoms with van der Waals surface area (Å²) in [5, 5.41) is 9.39. The number of carbonyl (C=O) groups is 1. The summed E-state index contributed by atoms with van der Waals surface area (Å²) in [6.07, 6.45) is 0.869. The molecule has 0 amide bonds. The van der Waals surface area contributed by atoms with Crippen molar-refractivity contribution < 1.29 is 19.4 Å². The molecule has 0 unspecified atom stereocenters. The van der Waals surface area contributed by atoms with Gasteiger partial charge in [0.2, 0.25) is 0 Å². The summed E-state index contributed by atoms with van der Waals surface area (Å²) < 4.78 is 10.3. The Labute approximate surface area is 100 Å². The molecule has 0 spiro atoms. The number of carboxylic acid groups (broad SMARTS) is 1. The second kappa shape index (κ2) is 4.37. The average molecular weight is 236 g/mol. The highest BCUT2D eigenvalue weighted by Gasteiger charge is 2.49. The van der Waals surface area contributed by atoms with Crippen LogP contribution in [0.4, 0.5) is 0 Å². The van der Waals surface area contributed by atoms with E-state index >= 15 is 0 Å². The van der Waals surface area contributed by atoms with Crippen molar-refractivity contribution in [1.29, 1.82) is 0 Å². The van der Waals surface area contributed by atoms with Crippen LogP contribution in [0.5, 0.6) is 5.75 Å². The van der Waals surface area contributed by atoms with Crippen LogP contribution in [0, 0.1) is 0 Å². The molecular formula is C13H16O4. The van der Waals surface area contributed by atoms with Crippen molar-refractivity contribution in [3.8, 4) is 5.75 Å². The van der Waals surface area contributed by atoms with Crippen molar-refractivity contribution in [2.75, 3.05) is 20.3 Å². The van der Waals surface area contributed by atoms with E-state index in [2.05, 4.69) is 0 Å².